The maximum Gasteiger partial charge on any atom is 0.0843 e. The summed E-state index contributed by atoms with van der Waals surface area (Å²) in [5.41, 5.74) is 7.04. The lowest BCUT2D eigenvalue weighted by atomic mass is 9.97. The van der Waals surface area contributed by atoms with E-state index in [1.807, 2.05) is 18.2 Å². The van der Waals surface area contributed by atoms with Gasteiger partial charge < -0.3 is 15.0 Å². The fraction of sp³-hybridized carbons (Fsp3) is 0.118. The van der Waals surface area contributed by atoms with Crippen LogP contribution in [0.25, 0.3) is 44.1 Å². The zero-order valence-electron chi connectivity index (χ0n) is 20.7. The lowest BCUT2D eigenvalue weighted by Gasteiger charge is -2.18. The summed E-state index contributed by atoms with van der Waals surface area (Å²) in [6.07, 6.45) is -0.552. The molecule has 0 unspecified atom stereocenters. The highest BCUT2D eigenvalue weighted by atomic mass is 16.3. The Labute approximate surface area is 217 Å². The second kappa shape index (κ2) is 10.4. The summed E-state index contributed by atoms with van der Waals surface area (Å²) in [6, 6.07) is 44.5. The van der Waals surface area contributed by atoms with Gasteiger partial charge >= 0.3 is 0 Å². The highest BCUT2D eigenvalue weighted by Gasteiger charge is 2.23. The first-order chi connectivity index (χ1) is 18.3. The number of nitrogens with zero attached hydrogens (tertiary/aromatic N) is 1. The topological polar surface area (TPSA) is 37.2 Å². The number of benzene rings is 5. The minimum absolute atomic E-state index is 0.489. The zero-order chi connectivity index (χ0) is 25.0. The molecule has 0 radical (unpaired) electrons. The molecule has 6 rings (SSSR count). The van der Waals surface area contributed by atoms with E-state index < -0.39 is 6.10 Å². The van der Waals surface area contributed by atoms with Crippen molar-refractivity contribution in [3.63, 3.8) is 0 Å². The van der Waals surface area contributed by atoms with Gasteiger partial charge in [-0.15, -0.1) is 0 Å². The minimum Gasteiger partial charge on any atom is -0.390 e. The molecule has 0 spiro atoms. The van der Waals surface area contributed by atoms with Crippen molar-refractivity contribution in [2.24, 2.45) is 0 Å². The summed E-state index contributed by atoms with van der Waals surface area (Å²) in [7, 11) is 0. The van der Waals surface area contributed by atoms with E-state index in [-0.39, 0.29) is 0 Å². The second-order valence-corrected chi connectivity index (χ2v) is 9.52. The van der Waals surface area contributed by atoms with Crippen LogP contribution in [0, 0.1) is 0 Å². The van der Waals surface area contributed by atoms with E-state index in [1.165, 1.54) is 32.8 Å². The summed E-state index contributed by atoms with van der Waals surface area (Å²) >= 11 is 0. The summed E-state index contributed by atoms with van der Waals surface area (Å²) in [5.74, 6) is 0. The normalized spacial score (nSPS) is 12.2. The minimum atomic E-state index is -0.552. The third-order valence-electron chi connectivity index (χ3n) is 7.00. The molecule has 3 nitrogen and oxygen atoms in total. The summed E-state index contributed by atoms with van der Waals surface area (Å²) in [5, 5.41) is 18.3. The maximum atomic E-state index is 11.3. The van der Waals surface area contributed by atoms with Crippen molar-refractivity contribution in [1.82, 2.24) is 9.88 Å². The van der Waals surface area contributed by atoms with Gasteiger partial charge in [-0.2, -0.15) is 0 Å². The van der Waals surface area contributed by atoms with Gasteiger partial charge in [-0.3, -0.25) is 0 Å². The first kappa shape index (κ1) is 23.2. The standard InChI is InChI=1S/C34H30N2O/c37-29(23-35-22-25-12-4-1-5-13-25)24-36-33(28-17-8-3-9-18-28)32(27-15-6-2-7-16-27)31-21-20-26-14-10-11-19-30(26)34(31)36/h1-21,29,35,37H,22-24H2/t29-/m1/s1. The van der Waals surface area contributed by atoms with Crippen LogP contribution in [0.4, 0.5) is 0 Å². The van der Waals surface area contributed by atoms with Gasteiger partial charge in [0.25, 0.3) is 0 Å². The van der Waals surface area contributed by atoms with Crippen LogP contribution in [-0.4, -0.2) is 22.3 Å². The third kappa shape index (κ3) is 4.67. The van der Waals surface area contributed by atoms with Crippen LogP contribution in [0.5, 0.6) is 0 Å². The van der Waals surface area contributed by atoms with Crippen LogP contribution >= 0.6 is 0 Å². The molecule has 0 fully saturated rings. The number of rotatable bonds is 8. The van der Waals surface area contributed by atoms with E-state index in [0.29, 0.717) is 13.1 Å². The Hall–Kier alpha value is -4.18. The monoisotopic (exact) mass is 482 g/mol. The third-order valence-corrected chi connectivity index (χ3v) is 7.00. The van der Waals surface area contributed by atoms with E-state index in [0.717, 1.165) is 23.3 Å². The Morgan fingerprint density at radius 3 is 1.97 bits per heavy atom. The van der Waals surface area contributed by atoms with Crippen LogP contribution in [0.3, 0.4) is 0 Å². The molecule has 37 heavy (non-hydrogen) atoms. The molecular formula is C34H30N2O. The van der Waals surface area contributed by atoms with Crippen molar-refractivity contribution >= 4 is 21.7 Å². The highest BCUT2D eigenvalue weighted by molar-refractivity contribution is 6.15. The number of nitrogens with one attached hydrogen (secondary N) is 1. The molecule has 0 aliphatic rings. The van der Waals surface area contributed by atoms with Gasteiger partial charge in [0, 0.05) is 29.4 Å². The predicted octanol–water partition coefficient (Wildman–Crippen LogP) is 7.28. The summed E-state index contributed by atoms with van der Waals surface area (Å²) in [4.78, 5) is 0. The van der Waals surface area contributed by atoms with Gasteiger partial charge in [0.1, 0.15) is 0 Å². The van der Waals surface area contributed by atoms with Crippen LogP contribution in [-0.2, 0) is 13.1 Å². The molecule has 5 aromatic carbocycles. The Bertz CT molecular complexity index is 1620. The first-order valence-electron chi connectivity index (χ1n) is 12.9. The zero-order valence-corrected chi connectivity index (χ0v) is 20.7. The van der Waals surface area contributed by atoms with Gasteiger partial charge in [0.15, 0.2) is 0 Å². The number of fused-ring (bicyclic) bond motifs is 3. The Kier molecular flexibility index (Phi) is 6.55. The molecule has 1 aromatic heterocycles. The fourth-order valence-corrected chi connectivity index (χ4v) is 5.35. The quantitative estimate of drug-likeness (QED) is 0.239. The second-order valence-electron chi connectivity index (χ2n) is 9.52. The summed E-state index contributed by atoms with van der Waals surface area (Å²) < 4.78 is 2.34. The maximum absolute atomic E-state index is 11.3. The lowest BCUT2D eigenvalue weighted by molar-refractivity contribution is 0.153. The fourth-order valence-electron chi connectivity index (χ4n) is 5.35. The molecule has 0 aliphatic heterocycles. The van der Waals surface area contributed by atoms with Crippen LogP contribution < -0.4 is 5.32 Å². The van der Waals surface area contributed by atoms with Crippen LogP contribution in [0.15, 0.2) is 127 Å². The van der Waals surface area contributed by atoms with Crippen LogP contribution in [0.1, 0.15) is 5.56 Å². The molecule has 6 aromatic rings. The van der Waals surface area contributed by atoms with E-state index in [2.05, 4.69) is 119 Å². The number of aliphatic hydroxyl groups is 1. The summed E-state index contributed by atoms with van der Waals surface area (Å²) in [6.45, 7) is 1.73. The Morgan fingerprint density at radius 2 is 1.24 bits per heavy atom. The van der Waals surface area contributed by atoms with Crippen molar-refractivity contribution in [1.29, 1.82) is 0 Å². The van der Waals surface area contributed by atoms with E-state index in [4.69, 9.17) is 0 Å². The molecule has 0 aliphatic carbocycles. The van der Waals surface area contributed by atoms with E-state index in [1.54, 1.807) is 0 Å². The molecule has 3 heteroatoms. The molecule has 0 amide bonds. The van der Waals surface area contributed by atoms with Crippen molar-refractivity contribution in [3.8, 4) is 22.4 Å². The van der Waals surface area contributed by atoms with Crippen molar-refractivity contribution in [3.05, 3.63) is 133 Å². The molecule has 0 saturated heterocycles. The molecule has 1 heterocycles. The van der Waals surface area contributed by atoms with Crippen molar-refractivity contribution < 1.29 is 5.11 Å². The van der Waals surface area contributed by atoms with Crippen molar-refractivity contribution in [2.45, 2.75) is 19.2 Å². The molecule has 182 valence electrons. The lowest BCUT2D eigenvalue weighted by Crippen LogP contribution is -2.30. The average molecular weight is 483 g/mol. The number of aromatic nitrogens is 1. The smallest absolute Gasteiger partial charge is 0.0843 e. The molecule has 0 saturated carbocycles. The van der Waals surface area contributed by atoms with Gasteiger partial charge in [0.05, 0.1) is 23.9 Å². The molecule has 1 atom stereocenters. The number of aliphatic hydroxyl groups excluding tert-OH is 1. The van der Waals surface area contributed by atoms with Gasteiger partial charge in [-0.1, -0.05) is 127 Å². The SMILES string of the molecule is O[C@H](CNCc1ccccc1)Cn1c(-c2ccccc2)c(-c2ccccc2)c2ccc3ccccc3c21. The average Bonchev–Trinajstić information content (AvgIpc) is 3.29. The molecule has 2 N–H and O–H groups in total. The number of hydrogen-bond acceptors (Lipinski definition) is 2. The largest absolute Gasteiger partial charge is 0.390 e. The highest BCUT2D eigenvalue weighted by Crippen LogP contribution is 2.43. The molecular weight excluding hydrogens is 452 g/mol. The van der Waals surface area contributed by atoms with Crippen molar-refractivity contribution in [2.75, 3.05) is 6.54 Å². The molecule has 0 bridgehead atoms. The van der Waals surface area contributed by atoms with E-state index in [9.17, 15) is 5.11 Å². The van der Waals surface area contributed by atoms with Gasteiger partial charge in [0.2, 0.25) is 0 Å². The number of hydrogen-bond donors (Lipinski definition) is 2. The first-order valence-corrected chi connectivity index (χ1v) is 12.9. The Balaban J connectivity index is 1.50. The Morgan fingerprint density at radius 1 is 0.622 bits per heavy atom. The predicted molar refractivity (Wildman–Crippen MR) is 154 cm³/mol. The van der Waals surface area contributed by atoms with Gasteiger partial charge in [-0.25, -0.2) is 0 Å². The van der Waals surface area contributed by atoms with Crippen LogP contribution in [0.2, 0.25) is 0 Å². The van der Waals surface area contributed by atoms with E-state index >= 15 is 0 Å². The van der Waals surface area contributed by atoms with Gasteiger partial charge in [-0.05, 0) is 22.1 Å².